The third-order valence-corrected chi connectivity index (χ3v) is 7.19. The van der Waals surface area contributed by atoms with Crippen molar-refractivity contribution in [3.63, 3.8) is 0 Å². The molecule has 1 N–H and O–H groups in total. The van der Waals surface area contributed by atoms with E-state index in [1.807, 2.05) is 55.5 Å². The van der Waals surface area contributed by atoms with Crippen LogP contribution in [0.15, 0.2) is 53.4 Å². The van der Waals surface area contributed by atoms with Gasteiger partial charge in [-0.1, -0.05) is 40.6 Å². The lowest BCUT2D eigenvalue weighted by Gasteiger charge is -2.16. The van der Waals surface area contributed by atoms with Crippen molar-refractivity contribution < 1.29 is 9.59 Å². The minimum Gasteiger partial charge on any atom is -0.312 e. The fourth-order valence-electron chi connectivity index (χ4n) is 3.27. The van der Waals surface area contributed by atoms with E-state index in [0.29, 0.717) is 35.3 Å². The Balaban J connectivity index is 1.29. The molecule has 0 radical (unpaired) electrons. The SMILES string of the molecule is Cc1ccc(N2CC(c3nnc(NC(=O)CCSc4ccc(Cl)cc4)s3)CC2=O)cc1. The second-order valence-corrected chi connectivity index (χ2v) is 9.90. The molecule has 4 rings (SSSR count). The molecule has 0 spiro atoms. The van der Waals surface area contributed by atoms with Crippen LogP contribution in [0, 0.1) is 6.92 Å². The Morgan fingerprint density at radius 1 is 1.19 bits per heavy atom. The van der Waals surface area contributed by atoms with Crippen molar-refractivity contribution in [1.29, 1.82) is 0 Å². The second kappa shape index (κ2) is 9.80. The van der Waals surface area contributed by atoms with Crippen LogP contribution < -0.4 is 10.2 Å². The molecule has 9 heteroatoms. The van der Waals surface area contributed by atoms with Crippen molar-refractivity contribution >= 4 is 57.3 Å². The molecule has 1 unspecified atom stereocenters. The molecule has 2 aromatic carbocycles. The zero-order chi connectivity index (χ0) is 21.8. The summed E-state index contributed by atoms with van der Waals surface area (Å²) < 4.78 is 0. The molecule has 3 aromatic rings. The standard InChI is InChI=1S/C22H21ClN4O2S2/c1-14-2-6-17(7-3-14)27-13-15(12-20(27)29)21-25-26-22(31-21)24-19(28)10-11-30-18-8-4-16(23)5-9-18/h2-9,15H,10-13H2,1H3,(H,24,26,28). The van der Waals surface area contributed by atoms with Gasteiger partial charge in [0.1, 0.15) is 5.01 Å². The fourth-order valence-corrected chi connectivity index (χ4v) is 5.10. The number of rotatable bonds is 7. The van der Waals surface area contributed by atoms with Gasteiger partial charge >= 0.3 is 0 Å². The lowest BCUT2D eigenvalue weighted by Crippen LogP contribution is -2.24. The number of benzene rings is 2. The smallest absolute Gasteiger partial charge is 0.227 e. The molecule has 0 bridgehead atoms. The minimum atomic E-state index is -0.104. The Kier molecular flexibility index (Phi) is 6.89. The van der Waals surface area contributed by atoms with Gasteiger partial charge in [-0.15, -0.1) is 22.0 Å². The van der Waals surface area contributed by atoms with Gasteiger partial charge in [0, 0.05) is 46.7 Å². The first-order valence-corrected chi connectivity index (χ1v) is 12.0. The number of carbonyl (C=O) groups excluding carboxylic acids is 2. The highest BCUT2D eigenvalue weighted by molar-refractivity contribution is 7.99. The highest BCUT2D eigenvalue weighted by atomic mass is 35.5. The predicted octanol–water partition coefficient (Wildman–Crippen LogP) is 5.14. The predicted molar refractivity (Wildman–Crippen MR) is 126 cm³/mol. The van der Waals surface area contributed by atoms with Gasteiger partial charge in [-0.2, -0.15) is 0 Å². The van der Waals surface area contributed by atoms with E-state index in [1.165, 1.54) is 11.3 Å². The molecule has 2 amide bonds. The molecule has 1 aromatic heterocycles. The molecule has 2 heterocycles. The van der Waals surface area contributed by atoms with E-state index in [9.17, 15) is 9.59 Å². The number of nitrogens with zero attached hydrogens (tertiary/aromatic N) is 3. The number of aryl methyl sites for hydroxylation is 1. The summed E-state index contributed by atoms with van der Waals surface area (Å²) in [5, 5.41) is 13.1. The largest absolute Gasteiger partial charge is 0.312 e. The molecule has 160 valence electrons. The Morgan fingerprint density at radius 2 is 1.94 bits per heavy atom. The van der Waals surface area contributed by atoms with Crippen molar-refractivity contribution in [2.24, 2.45) is 0 Å². The van der Waals surface area contributed by atoms with E-state index in [-0.39, 0.29) is 17.7 Å². The summed E-state index contributed by atoms with van der Waals surface area (Å²) in [4.78, 5) is 27.6. The Bertz CT molecular complexity index is 1070. The van der Waals surface area contributed by atoms with Crippen molar-refractivity contribution in [1.82, 2.24) is 10.2 Å². The van der Waals surface area contributed by atoms with Crippen LogP contribution in [0.4, 0.5) is 10.8 Å². The number of amides is 2. The maximum atomic E-state index is 12.5. The van der Waals surface area contributed by atoms with E-state index in [0.717, 1.165) is 21.2 Å². The number of aromatic nitrogens is 2. The molecule has 0 saturated carbocycles. The summed E-state index contributed by atoms with van der Waals surface area (Å²) in [5.41, 5.74) is 2.05. The van der Waals surface area contributed by atoms with Crippen LogP contribution in [0.25, 0.3) is 0 Å². The third kappa shape index (κ3) is 5.64. The molecule has 1 fully saturated rings. The molecule has 1 aliphatic rings. The Labute approximate surface area is 194 Å². The third-order valence-electron chi connectivity index (χ3n) is 4.92. The number of nitrogens with one attached hydrogen (secondary N) is 1. The van der Waals surface area contributed by atoms with Crippen LogP contribution in [0.3, 0.4) is 0 Å². The lowest BCUT2D eigenvalue weighted by molar-refractivity contribution is -0.117. The quantitative estimate of drug-likeness (QED) is 0.482. The highest BCUT2D eigenvalue weighted by Crippen LogP contribution is 2.34. The zero-order valence-electron chi connectivity index (χ0n) is 16.9. The molecular formula is C22H21ClN4O2S2. The Morgan fingerprint density at radius 3 is 2.68 bits per heavy atom. The first-order valence-electron chi connectivity index (χ1n) is 9.86. The summed E-state index contributed by atoms with van der Waals surface area (Å²) >= 11 is 8.82. The van der Waals surface area contributed by atoms with Crippen LogP contribution >= 0.6 is 34.7 Å². The number of carbonyl (C=O) groups is 2. The molecule has 31 heavy (non-hydrogen) atoms. The van der Waals surface area contributed by atoms with Gasteiger partial charge in [0.25, 0.3) is 0 Å². The molecule has 6 nitrogen and oxygen atoms in total. The molecule has 1 atom stereocenters. The zero-order valence-corrected chi connectivity index (χ0v) is 19.3. The lowest BCUT2D eigenvalue weighted by atomic mass is 10.1. The highest BCUT2D eigenvalue weighted by Gasteiger charge is 2.33. The number of anilines is 2. The van der Waals surface area contributed by atoms with Gasteiger partial charge in [0.05, 0.1) is 0 Å². The number of hydrogen-bond acceptors (Lipinski definition) is 6. The molecule has 1 saturated heterocycles. The number of hydrogen-bond donors (Lipinski definition) is 1. The first-order chi connectivity index (χ1) is 15.0. The first kappa shape index (κ1) is 21.8. The van der Waals surface area contributed by atoms with Gasteiger partial charge in [0.15, 0.2) is 0 Å². The van der Waals surface area contributed by atoms with Crippen molar-refractivity contribution in [3.05, 3.63) is 64.1 Å². The van der Waals surface area contributed by atoms with Crippen LogP contribution in [-0.4, -0.2) is 34.3 Å². The van der Waals surface area contributed by atoms with Gasteiger partial charge in [-0.25, -0.2) is 0 Å². The minimum absolute atomic E-state index is 0.0163. The van der Waals surface area contributed by atoms with E-state index in [1.54, 1.807) is 16.7 Å². The van der Waals surface area contributed by atoms with Crippen LogP contribution in [0.2, 0.25) is 5.02 Å². The van der Waals surface area contributed by atoms with Gasteiger partial charge in [0.2, 0.25) is 16.9 Å². The molecule has 0 aliphatic carbocycles. The monoisotopic (exact) mass is 472 g/mol. The van der Waals surface area contributed by atoms with Crippen molar-refractivity contribution in [2.45, 2.75) is 30.6 Å². The molecule has 1 aliphatic heterocycles. The summed E-state index contributed by atoms with van der Waals surface area (Å²) in [5.74, 6) is 0.612. The van der Waals surface area contributed by atoms with Crippen LogP contribution in [-0.2, 0) is 9.59 Å². The van der Waals surface area contributed by atoms with Crippen molar-refractivity contribution in [3.8, 4) is 0 Å². The van der Waals surface area contributed by atoms with E-state index < -0.39 is 0 Å². The van der Waals surface area contributed by atoms with E-state index in [4.69, 9.17) is 11.6 Å². The maximum absolute atomic E-state index is 12.5. The average molecular weight is 473 g/mol. The summed E-state index contributed by atoms with van der Waals surface area (Å²) in [6.45, 7) is 2.59. The van der Waals surface area contributed by atoms with Gasteiger partial charge < -0.3 is 10.2 Å². The summed E-state index contributed by atoms with van der Waals surface area (Å²) in [6.07, 6.45) is 0.763. The normalized spacial score (nSPS) is 16.0. The van der Waals surface area contributed by atoms with Crippen LogP contribution in [0.1, 0.15) is 29.3 Å². The topological polar surface area (TPSA) is 75.2 Å². The fraction of sp³-hybridized carbons (Fsp3) is 0.273. The average Bonchev–Trinajstić information content (AvgIpc) is 3.37. The van der Waals surface area contributed by atoms with E-state index >= 15 is 0 Å². The molecular weight excluding hydrogens is 452 g/mol. The summed E-state index contributed by atoms with van der Waals surface area (Å²) in [7, 11) is 0. The van der Waals surface area contributed by atoms with Gasteiger partial charge in [-0.3, -0.25) is 9.59 Å². The van der Waals surface area contributed by atoms with Crippen molar-refractivity contribution in [2.75, 3.05) is 22.5 Å². The van der Waals surface area contributed by atoms with Crippen LogP contribution in [0.5, 0.6) is 0 Å². The maximum Gasteiger partial charge on any atom is 0.227 e. The summed E-state index contributed by atoms with van der Waals surface area (Å²) in [6, 6.07) is 15.5. The van der Waals surface area contributed by atoms with Gasteiger partial charge in [-0.05, 0) is 43.3 Å². The Hall–Kier alpha value is -2.42. The number of halogens is 1. The number of thioether (sulfide) groups is 1. The van der Waals surface area contributed by atoms with E-state index in [2.05, 4.69) is 15.5 Å². The second-order valence-electron chi connectivity index (χ2n) is 7.29.